The van der Waals surface area contributed by atoms with E-state index in [9.17, 15) is 0 Å². The number of fused-ring (bicyclic) bond motifs is 1. The average molecular weight is 279 g/mol. The first-order valence-electron chi connectivity index (χ1n) is 5.21. The Morgan fingerprint density at radius 1 is 1.06 bits per heavy atom. The average Bonchev–Trinajstić information content (AvgIpc) is 2.75. The van der Waals surface area contributed by atoms with Gasteiger partial charge in [0.1, 0.15) is 0 Å². The summed E-state index contributed by atoms with van der Waals surface area (Å²) < 4.78 is 1.78. The number of anilines is 1. The smallest absolute Gasteiger partial charge is 0.169 e. The molecule has 3 aromatic rings. The summed E-state index contributed by atoms with van der Waals surface area (Å²) in [6.07, 6.45) is 1.75. The van der Waals surface area contributed by atoms with Gasteiger partial charge in [-0.15, -0.1) is 10.2 Å². The van der Waals surface area contributed by atoms with Gasteiger partial charge in [0, 0.05) is 17.4 Å². The van der Waals surface area contributed by atoms with Crippen LogP contribution in [0.2, 0.25) is 10.0 Å². The molecule has 18 heavy (non-hydrogen) atoms. The summed E-state index contributed by atoms with van der Waals surface area (Å²) >= 11 is 12.2. The second-order valence-electron chi connectivity index (χ2n) is 3.82. The van der Waals surface area contributed by atoms with Crippen LogP contribution in [0.4, 0.5) is 5.69 Å². The van der Waals surface area contributed by atoms with Crippen LogP contribution in [0.1, 0.15) is 0 Å². The molecule has 0 saturated heterocycles. The van der Waals surface area contributed by atoms with Gasteiger partial charge in [-0.05, 0) is 24.3 Å². The lowest BCUT2D eigenvalue weighted by atomic mass is 10.2. The molecule has 0 bridgehead atoms. The van der Waals surface area contributed by atoms with Crippen molar-refractivity contribution in [3.63, 3.8) is 0 Å². The zero-order valence-electron chi connectivity index (χ0n) is 9.14. The lowest BCUT2D eigenvalue weighted by Gasteiger charge is -2.04. The first-order valence-corrected chi connectivity index (χ1v) is 5.97. The normalized spacial score (nSPS) is 11.0. The van der Waals surface area contributed by atoms with Crippen LogP contribution in [0, 0.1) is 0 Å². The van der Waals surface area contributed by atoms with Gasteiger partial charge in [0.2, 0.25) is 0 Å². The molecule has 3 rings (SSSR count). The molecule has 0 aliphatic rings. The molecule has 90 valence electrons. The Morgan fingerprint density at radius 3 is 2.72 bits per heavy atom. The highest BCUT2D eigenvalue weighted by atomic mass is 35.5. The van der Waals surface area contributed by atoms with E-state index in [-0.39, 0.29) is 0 Å². The van der Waals surface area contributed by atoms with E-state index in [0.29, 0.717) is 27.2 Å². The third-order valence-corrected chi connectivity index (χ3v) is 3.44. The Morgan fingerprint density at radius 2 is 1.89 bits per heavy atom. The lowest BCUT2D eigenvalue weighted by Crippen LogP contribution is -1.93. The molecule has 0 radical (unpaired) electrons. The van der Waals surface area contributed by atoms with E-state index >= 15 is 0 Å². The largest absolute Gasteiger partial charge is 0.398 e. The monoisotopic (exact) mass is 278 g/mol. The molecule has 0 spiro atoms. The molecule has 0 atom stereocenters. The van der Waals surface area contributed by atoms with Crippen molar-refractivity contribution in [2.75, 3.05) is 5.73 Å². The van der Waals surface area contributed by atoms with E-state index in [1.807, 2.05) is 12.1 Å². The van der Waals surface area contributed by atoms with Gasteiger partial charge in [-0.25, -0.2) is 0 Å². The third-order valence-electron chi connectivity index (χ3n) is 2.62. The second-order valence-corrected chi connectivity index (χ2v) is 4.60. The minimum absolute atomic E-state index is 0.455. The number of halogens is 2. The van der Waals surface area contributed by atoms with E-state index in [1.54, 1.807) is 28.8 Å². The Labute approximate surface area is 113 Å². The molecule has 2 heterocycles. The molecule has 0 aliphatic heterocycles. The summed E-state index contributed by atoms with van der Waals surface area (Å²) in [6.45, 7) is 0. The van der Waals surface area contributed by atoms with Crippen LogP contribution in [0.3, 0.4) is 0 Å². The van der Waals surface area contributed by atoms with Crippen molar-refractivity contribution in [2.45, 2.75) is 0 Å². The van der Waals surface area contributed by atoms with Gasteiger partial charge >= 0.3 is 0 Å². The zero-order chi connectivity index (χ0) is 12.7. The van der Waals surface area contributed by atoms with Gasteiger partial charge in [-0.2, -0.15) is 0 Å². The Kier molecular flexibility index (Phi) is 2.61. The number of nitrogen functional groups attached to an aromatic ring is 1. The molecule has 0 fully saturated rings. The SMILES string of the molecule is Nc1ccc2nnc(-c3cccc(Cl)c3Cl)n2c1. The highest BCUT2D eigenvalue weighted by Crippen LogP contribution is 2.32. The number of nitrogens with zero attached hydrogens (tertiary/aromatic N) is 3. The van der Waals surface area contributed by atoms with E-state index in [4.69, 9.17) is 28.9 Å². The maximum Gasteiger partial charge on any atom is 0.169 e. The van der Waals surface area contributed by atoms with E-state index in [1.165, 1.54) is 0 Å². The van der Waals surface area contributed by atoms with Crippen molar-refractivity contribution >= 4 is 34.5 Å². The van der Waals surface area contributed by atoms with Crippen LogP contribution in [0.25, 0.3) is 17.0 Å². The maximum absolute atomic E-state index is 6.18. The van der Waals surface area contributed by atoms with Gasteiger partial charge in [0.15, 0.2) is 11.5 Å². The summed E-state index contributed by atoms with van der Waals surface area (Å²) in [4.78, 5) is 0. The molecule has 4 nitrogen and oxygen atoms in total. The molecule has 0 amide bonds. The van der Waals surface area contributed by atoms with Gasteiger partial charge in [-0.1, -0.05) is 29.3 Å². The molecule has 0 aliphatic carbocycles. The lowest BCUT2D eigenvalue weighted by molar-refractivity contribution is 1.11. The minimum Gasteiger partial charge on any atom is -0.398 e. The molecule has 6 heteroatoms. The molecule has 1 aromatic carbocycles. The van der Waals surface area contributed by atoms with E-state index < -0.39 is 0 Å². The van der Waals surface area contributed by atoms with Gasteiger partial charge < -0.3 is 5.73 Å². The zero-order valence-corrected chi connectivity index (χ0v) is 10.7. The van der Waals surface area contributed by atoms with Gasteiger partial charge in [-0.3, -0.25) is 4.40 Å². The molecular weight excluding hydrogens is 271 g/mol. The first-order chi connectivity index (χ1) is 8.66. The summed E-state index contributed by atoms with van der Waals surface area (Å²) in [5.41, 5.74) is 7.82. The number of rotatable bonds is 1. The van der Waals surface area contributed by atoms with Crippen LogP contribution in [0.5, 0.6) is 0 Å². The fourth-order valence-corrected chi connectivity index (χ4v) is 2.15. The Hall–Kier alpha value is -1.78. The van der Waals surface area contributed by atoms with Crippen LogP contribution in [-0.2, 0) is 0 Å². The fraction of sp³-hybridized carbons (Fsp3) is 0. The van der Waals surface area contributed by atoms with E-state index in [0.717, 1.165) is 5.56 Å². The summed E-state index contributed by atoms with van der Waals surface area (Å²) in [5, 5.41) is 9.12. The highest BCUT2D eigenvalue weighted by molar-refractivity contribution is 6.43. The van der Waals surface area contributed by atoms with Crippen molar-refractivity contribution < 1.29 is 0 Å². The summed E-state index contributed by atoms with van der Waals surface area (Å²) in [5.74, 6) is 0.616. The van der Waals surface area contributed by atoms with Crippen molar-refractivity contribution in [3.05, 3.63) is 46.6 Å². The first kappa shape index (κ1) is 11.3. The molecule has 2 N–H and O–H groups in total. The standard InChI is InChI=1S/C12H8Cl2N4/c13-9-3-1-2-8(11(9)14)12-17-16-10-5-4-7(15)6-18(10)12/h1-6H,15H2. The molecular formula is C12H8Cl2N4. The van der Waals surface area contributed by atoms with Crippen molar-refractivity contribution in [3.8, 4) is 11.4 Å². The van der Waals surface area contributed by atoms with E-state index in [2.05, 4.69) is 10.2 Å². The number of nitrogens with two attached hydrogens (primary N) is 1. The van der Waals surface area contributed by atoms with Crippen molar-refractivity contribution in [2.24, 2.45) is 0 Å². The number of aromatic nitrogens is 3. The quantitative estimate of drug-likeness (QED) is 0.743. The highest BCUT2D eigenvalue weighted by Gasteiger charge is 2.13. The molecule has 2 aromatic heterocycles. The minimum atomic E-state index is 0.455. The van der Waals surface area contributed by atoms with Gasteiger partial charge in [0.05, 0.1) is 10.0 Å². The van der Waals surface area contributed by atoms with Crippen LogP contribution in [-0.4, -0.2) is 14.6 Å². The molecule has 0 unspecified atom stereocenters. The topological polar surface area (TPSA) is 56.2 Å². The third kappa shape index (κ3) is 1.70. The number of hydrogen-bond acceptors (Lipinski definition) is 3. The van der Waals surface area contributed by atoms with Crippen LogP contribution < -0.4 is 5.73 Å². The van der Waals surface area contributed by atoms with Crippen LogP contribution in [0.15, 0.2) is 36.5 Å². The Balaban J connectivity index is 2.32. The van der Waals surface area contributed by atoms with Crippen molar-refractivity contribution in [1.29, 1.82) is 0 Å². The second kappa shape index (κ2) is 4.15. The predicted molar refractivity (Wildman–Crippen MR) is 72.9 cm³/mol. The fourth-order valence-electron chi connectivity index (χ4n) is 1.77. The maximum atomic E-state index is 6.18. The summed E-state index contributed by atoms with van der Waals surface area (Å²) in [6, 6.07) is 8.95. The number of pyridine rings is 1. The van der Waals surface area contributed by atoms with Crippen molar-refractivity contribution in [1.82, 2.24) is 14.6 Å². The number of benzene rings is 1. The Bertz CT molecular complexity index is 736. The van der Waals surface area contributed by atoms with Crippen LogP contribution >= 0.6 is 23.2 Å². The summed E-state index contributed by atoms with van der Waals surface area (Å²) in [7, 11) is 0. The molecule has 0 saturated carbocycles. The predicted octanol–water partition coefficient (Wildman–Crippen LogP) is 3.29. The van der Waals surface area contributed by atoms with Gasteiger partial charge in [0.25, 0.3) is 0 Å². The number of hydrogen-bond donors (Lipinski definition) is 1.